The van der Waals surface area contributed by atoms with Gasteiger partial charge in [0.15, 0.2) is 0 Å². The molecule has 0 spiro atoms. The van der Waals surface area contributed by atoms with E-state index < -0.39 is 21.6 Å². The van der Waals surface area contributed by atoms with E-state index in [1.807, 2.05) is 0 Å². The molecule has 0 saturated carbocycles. The van der Waals surface area contributed by atoms with Crippen molar-refractivity contribution in [2.75, 3.05) is 6.26 Å². The van der Waals surface area contributed by atoms with E-state index in [-0.39, 0.29) is 5.41 Å². The third-order valence-corrected chi connectivity index (χ3v) is 4.94. The summed E-state index contributed by atoms with van der Waals surface area (Å²) in [5, 5.41) is 12.9. The Morgan fingerprint density at radius 3 is 2.11 bits per heavy atom. The van der Waals surface area contributed by atoms with Gasteiger partial charge in [0.2, 0.25) is 0 Å². The fraction of sp³-hybridized carbons (Fsp3) is 0.667. The minimum Gasteiger partial charge on any atom is -0.480 e. The van der Waals surface area contributed by atoms with E-state index in [2.05, 4.69) is 44.3 Å². The van der Waals surface area contributed by atoms with Crippen LogP contribution in [-0.2, 0) is 34.3 Å². The number of nitrogens with one attached hydrogen (secondary N) is 1. The van der Waals surface area contributed by atoms with Crippen molar-refractivity contribution >= 4 is 16.1 Å². The van der Waals surface area contributed by atoms with Crippen molar-refractivity contribution in [3.63, 3.8) is 0 Å². The van der Waals surface area contributed by atoms with Gasteiger partial charge in [0.05, 0.1) is 6.26 Å². The van der Waals surface area contributed by atoms with Crippen LogP contribution >= 0.6 is 0 Å². The predicted octanol–water partition coefficient (Wildman–Crippen LogP) is 3.83. The molecule has 3 N–H and O–H groups in total. The summed E-state index contributed by atoms with van der Waals surface area (Å²) >= 11 is 0. The SMILES string of the molecule is CC(C)(C)CC[C@@](C)(NCc1ccc2c(c1)CCCC2)C(=O)O.CS(=O)(=O)O. The molecule has 1 aromatic carbocycles. The highest BCUT2D eigenvalue weighted by molar-refractivity contribution is 7.85. The van der Waals surface area contributed by atoms with Crippen molar-refractivity contribution in [1.82, 2.24) is 5.32 Å². The van der Waals surface area contributed by atoms with Gasteiger partial charge in [0.25, 0.3) is 10.1 Å². The van der Waals surface area contributed by atoms with E-state index in [0.29, 0.717) is 19.2 Å². The molecule has 0 heterocycles. The standard InChI is InChI=1S/C20H31NO2.CH4O3S/c1-19(2,3)11-12-20(4,18(22)23)21-14-15-9-10-16-7-5-6-8-17(16)13-15;1-5(2,3)4/h9-10,13,21H,5-8,11-12,14H2,1-4H3,(H,22,23);1H3,(H,2,3,4)/t20-;/m1./s1. The number of carboxylic acids is 1. The molecule has 0 bridgehead atoms. The van der Waals surface area contributed by atoms with Crippen molar-refractivity contribution < 1.29 is 22.9 Å². The number of carboxylic acid groups (broad SMARTS) is 1. The van der Waals surface area contributed by atoms with Gasteiger partial charge in [-0.05, 0) is 67.6 Å². The maximum atomic E-state index is 11.7. The second-order valence-corrected chi connectivity index (χ2v) is 10.6. The minimum absolute atomic E-state index is 0.143. The summed E-state index contributed by atoms with van der Waals surface area (Å²) in [7, 11) is -3.67. The third kappa shape index (κ3) is 9.66. The molecule has 2 rings (SSSR count). The number of carbonyl (C=O) groups is 1. The van der Waals surface area contributed by atoms with Gasteiger partial charge >= 0.3 is 5.97 Å². The maximum Gasteiger partial charge on any atom is 0.323 e. The van der Waals surface area contributed by atoms with Crippen LogP contribution in [0.2, 0.25) is 0 Å². The first-order valence-electron chi connectivity index (χ1n) is 9.71. The quantitative estimate of drug-likeness (QED) is 0.612. The number of hydrogen-bond donors (Lipinski definition) is 3. The molecule has 1 aliphatic rings. The number of fused-ring (bicyclic) bond motifs is 1. The molecule has 160 valence electrons. The monoisotopic (exact) mass is 413 g/mol. The van der Waals surface area contributed by atoms with Crippen LogP contribution in [0.5, 0.6) is 0 Å². The Morgan fingerprint density at radius 2 is 1.61 bits per heavy atom. The summed E-state index contributed by atoms with van der Waals surface area (Å²) in [4.78, 5) is 11.7. The van der Waals surface area contributed by atoms with Crippen LogP contribution in [-0.4, -0.2) is 35.8 Å². The molecular formula is C21H35NO5S. The average Bonchev–Trinajstić information content (AvgIpc) is 2.56. The van der Waals surface area contributed by atoms with Gasteiger partial charge in [-0.25, -0.2) is 0 Å². The van der Waals surface area contributed by atoms with Crippen LogP contribution in [0.1, 0.15) is 70.1 Å². The summed E-state index contributed by atoms with van der Waals surface area (Å²) in [5.41, 5.74) is 3.37. The molecular weight excluding hydrogens is 378 g/mol. The topological polar surface area (TPSA) is 104 Å². The molecule has 0 aromatic heterocycles. The molecule has 0 amide bonds. The Morgan fingerprint density at radius 1 is 1.07 bits per heavy atom. The van der Waals surface area contributed by atoms with E-state index in [9.17, 15) is 18.3 Å². The lowest BCUT2D eigenvalue weighted by Crippen LogP contribution is -2.49. The van der Waals surface area contributed by atoms with Gasteiger partial charge in [0, 0.05) is 6.54 Å². The summed E-state index contributed by atoms with van der Waals surface area (Å²) in [6, 6.07) is 6.62. The number of aliphatic carboxylic acids is 1. The summed E-state index contributed by atoms with van der Waals surface area (Å²) in [5.74, 6) is -0.764. The van der Waals surface area contributed by atoms with Crippen LogP contribution in [0.25, 0.3) is 0 Å². The molecule has 0 saturated heterocycles. The first-order valence-corrected chi connectivity index (χ1v) is 11.6. The first kappa shape index (κ1) is 24.6. The fourth-order valence-electron chi connectivity index (χ4n) is 3.09. The van der Waals surface area contributed by atoms with Crippen LogP contribution in [0.4, 0.5) is 0 Å². The van der Waals surface area contributed by atoms with Crippen LogP contribution in [0, 0.1) is 5.41 Å². The predicted molar refractivity (Wildman–Crippen MR) is 112 cm³/mol. The highest BCUT2D eigenvalue weighted by Crippen LogP contribution is 2.27. The van der Waals surface area contributed by atoms with Crippen LogP contribution in [0.15, 0.2) is 18.2 Å². The number of hydrogen-bond acceptors (Lipinski definition) is 4. The van der Waals surface area contributed by atoms with Crippen molar-refractivity contribution in [3.05, 3.63) is 34.9 Å². The maximum absolute atomic E-state index is 11.7. The molecule has 0 radical (unpaired) electrons. The lowest BCUT2D eigenvalue weighted by atomic mass is 9.83. The highest BCUT2D eigenvalue weighted by Gasteiger charge is 2.33. The molecule has 28 heavy (non-hydrogen) atoms. The first-order chi connectivity index (χ1) is 12.7. The lowest BCUT2D eigenvalue weighted by Gasteiger charge is -2.30. The highest BCUT2D eigenvalue weighted by atomic mass is 32.2. The molecule has 1 aliphatic carbocycles. The van der Waals surface area contributed by atoms with Gasteiger partial charge in [-0.3, -0.25) is 14.7 Å². The fourth-order valence-corrected chi connectivity index (χ4v) is 3.09. The Kier molecular flexibility index (Phi) is 8.65. The lowest BCUT2D eigenvalue weighted by molar-refractivity contribution is -0.144. The van der Waals surface area contributed by atoms with Crippen LogP contribution in [0.3, 0.4) is 0 Å². The number of benzene rings is 1. The molecule has 7 heteroatoms. The molecule has 0 aliphatic heterocycles. The second kappa shape index (κ2) is 9.85. The van der Waals surface area contributed by atoms with E-state index in [0.717, 1.165) is 12.8 Å². The second-order valence-electron chi connectivity index (χ2n) is 9.09. The summed E-state index contributed by atoms with van der Waals surface area (Å²) in [6.07, 6.45) is 7.12. The molecule has 6 nitrogen and oxygen atoms in total. The zero-order valence-electron chi connectivity index (χ0n) is 17.7. The average molecular weight is 414 g/mol. The van der Waals surface area contributed by atoms with E-state index >= 15 is 0 Å². The zero-order chi connectivity index (χ0) is 21.6. The zero-order valence-corrected chi connectivity index (χ0v) is 18.5. The summed E-state index contributed by atoms with van der Waals surface area (Å²) in [6.45, 7) is 8.87. The summed E-state index contributed by atoms with van der Waals surface area (Å²) < 4.78 is 25.9. The minimum atomic E-state index is -3.67. The van der Waals surface area contributed by atoms with E-state index in [4.69, 9.17) is 4.55 Å². The third-order valence-electron chi connectivity index (χ3n) is 4.94. The van der Waals surface area contributed by atoms with Gasteiger partial charge in [-0.1, -0.05) is 39.0 Å². The Bertz CT molecular complexity index is 759. The van der Waals surface area contributed by atoms with Crippen LogP contribution < -0.4 is 5.32 Å². The smallest absolute Gasteiger partial charge is 0.323 e. The molecule has 0 fully saturated rings. The molecule has 0 unspecified atom stereocenters. The van der Waals surface area contributed by atoms with Crippen molar-refractivity contribution in [1.29, 1.82) is 0 Å². The Labute approximate surface area is 169 Å². The van der Waals surface area contributed by atoms with E-state index in [1.54, 1.807) is 6.92 Å². The molecule has 1 aromatic rings. The van der Waals surface area contributed by atoms with Crippen molar-refractivity contribution in [3.8, 4) is 0 Å². The van der Waals surface area contributed by atoms with Gasteiger partial charge in [-0.2, -0.15) is 8.42 Å². The van der Waals surface area contributed by atoms with Crippen molar-refractivity contribution in [2.24, 2.45) is 5.41 Å². The Balaban J connectivity index is 0.000000696. The molecule has 1 atom stereocenters. The van der Waals surface area contributed by atoms with E-state index in [1.165, 1.54) is 36.0 Å². The van der Waals surface area contributed by atoms with Gasteiger partial charge in [-0.15, -0.1) is 0 Å². The van der Waals surface area contributed by atoms with Gasteiger partial charge in [0.1, 0.15) is 5.54 Å². The number of aryl methyl sites for hydroxylation is 2. The van der Waals surface area contributed by atoms with Gasteiger partial charge < -0.3 is 5.11 Å². The Hall–Kier alpha value is -1.44. The largest absolute Gasteiger partial charge is 0.480 e. The van der Waals surface area contributed by atoms with Crippen molar-refractivity contribution in [2.45, 2.75) is 78.3 Å². The number of rotatable bonds is 6. The normalized spacial score (nSPS) is 16.4.